The van der Waals surface area contributed by atoms with Gasteiger partial charge in [-0.15, -0.1) is 0 Å². The van der Waals surface area contributed by atoms with E-state index in [0.717, 1.165) is 25.6 Å². The summed E-state index contributed by atoms with van der Waals surface area (Å²) in [6, 6.07) is 0.693. The third-order valence-electron chi connectivity index (χ3n) is 3.17. The molecule has 0 aromatic heterocycles. The molecule has 0 heterocycles. The molecule has 0 fully saturated rings. The van der Waals surface area contributed by atoms with Gasteiger partial charge in [-0.2, -0.15) is 0 Å². The Balaban J connectivity index is 3.41. The van der Waals surface area contributed by atoms with Crippen molar-refractivity contribution in [3.05, 3.63) is 0 Å². The van der Waals surface area contributed by atoms with E-state index in [1.807, 2.05) is 0 Å². The van der Waals surface area contributed by atoms with Crippen LogP contribution in [0.3, 0.4) is 0 Å². The molecule has 0 rings (SSSR count). The molecule has 0 radical (unpaired) electrons. The molecular formula is C14H33N3. The van der Waals surface area contributed by atoms with Crippen molar-refractivity contribution in [2.45, 2.75) is 39.7 Å². The third kappa shape index (κ3) is 10.7. The molecule has 0 aromatic rings. The van der Waals surface area contributed by atoms with Crippen molar-refractivity contribution in [2.75, 3.05) is 47.3 Å². The van der Waals surface area contributed by atoms with Gasteiger partial charge in [0, 0.05) is 19.1 Å². The lowest BCUT2D eigenvalue weighted by Gasteiger charge is -2.26. The second-order valence-electron chi connectivity index (χ2n) is 5.87. The lowest BCUT2D eigenvalue weighted by molar-refractivity contribution is 0.228. The average molecular weight is 243 g/mol. The molecule has 0 aliphatic heterocycles. The van der Waals surface area contributed by atoms with Gasteiger partial charge in [-0.25, -0.2) is 0 Å². The van der Waals surface area contributed by atoms with Crippen molar-refractivity contribution >= 4 is 0 Å². The Morgan fingerprint density at radius 3 is 2.12 bits per heavy atom. The molecule has 0 bridgehead atoms. The number of hydrogen-bond acceptors (Lipinski definition) is 3. The molecule has 0 aliphatic carbocycles. The fraction of sp³-hybridized carbons (Fsp3) is 1.00. The van der Waals surface area contributed by atoms with Gasteiger partial charge < -0.3 is 15.1 Å². The highest BCUT2D eigenvalue weighted by atomic mass is 15.1. The fourth-order valence-corrected chi connectivity index (χ4v) is 1.98. The van der Waals surface area contributed by atoms with Crippen LogP contribution < -0.4 is 5.32 Å². The number of nitrogens with zero attached hydrogens (tertiary/aromatic N) is 2. The first kappa shape index (κ1) is 16.9. The second-order valence-corrected chi connectivity index (χ2v) is 5.87. The Morgan fingerprint density at radius 1 is 0.941 bits per heavy atom. The average Bonchev–Trinajstić information content (AvgIpc) is 2.21. The van der Waals surface area contributed by atoms with Crippen molar-refractivity contribution in [1.82, 2.24) is 15.1 Å². The Kier molecular flexibility index (Phi) is 9.79. The smallest absolute Gasteiger partial charge is 0.0107 e. The zero-order valence-corrected chi connectivity index (χ0v) is 12.8. The van der Waals surface area contributed by atoms with Gasteiger partial charge in [-0.3, -0.25) is 0 Å². The topological polar surface area (TPSA) is 18.5 Å². The summed E-state index contributed by atoms with van der Waals surface area (Å²) >= 11 is 0. The molecule has 0 amide bonds. The van der Waals surface area contributed by atoms with E-state index in [2.05, 4.69) is 57.0 Å². The van der Waals surface area contributed by atoms with E-state index in [-0.39, 0.29) is 0 Å². The van der Waals surface area contributed by atoms with Gasteiger partial charge in [0.05, 0.1) is 0 Å². The molecule has 3 heteroatoms. The molecule has 104 valence electrons. The molecule has 1 atom stereocenters. The minimum atomic E-state index is 0.693. The first-order chi connectivity index (χ1) is 7.93. The zero-order chi connectivity index (χ0) is 13.3. The Morgan fingerprint density at radius 2 is 1.59 bits per heavy atom. The lowest BCUT2D eigenvalue weighted by Crippen LogP contribution is -2.36. The van der Waals surface area contributed by atoms with Crippen LogP contribution in [0.1, 0.15) is 33.6 Å². The number of nitrogens with one attached hydrogen (secondary N) is 1. The Bertz CT molecular complexity index is 169. The summed E-state index contributed by atoms with van der Waals surface area (Å²) in [7, 11) is 6.48. The summed E-state index contributed by atoms with van der Waals surface area (Å²) in [5.74, 6) is 0.792. The van der Waals surface area contributed by atoms with Gasteiger partial charge >= 0.3 is 0 Å². The summed E-state index contributed by atoms with van der Waals surface area (Å²) in [6.45, 7) is 11.5. The molecule has 0 saturated heterocycles. The molecule has 0 aromatic carbocycles. The maximum atomic E-state index is 3.51. The molecule has 0 spiro atoms. The predicted octanol–water partition coefficient (Wildman–Crippen LogP) is 1.89. The van der Waals surface area contributed by atoms with E-state index in [9.17, 15) is 0 Å². The molecule has 1 unspecified atom stereocenters. The van der Waals surface area contributed by atoms with Crippen molar-refractivity contribution < 1.29 is 0 Å². The van der Waals surface area contributed by atoms with E-state index in [1.165, 1.54) is 19.4 Å². The van der Waals surface area contributed by atoms with Gasteiger partial charge in [0.1, 0.15) is 0 Å². The quantitative estimate of drug-likeness (QED) is 0.591. The Labute approximate surface area is 109 Å². The first-order valence-corrected chi connectivity index (χ1v) is 6.99. The normalized spacial score (nSPS) is 13.9. The number of rotatable bonds is 10. The molecular weight excluding hydrogens is 210 g/mol. The summed E-state index contributed by atoms with van der Waals surface area (Å²) in [5, 5.41) is 3.51. The van der Waals surface area contributed by atoms with E-state index < -0.39 is 0 Å². The fourth-order valence-electron chi connectivity index (χ4n) is 1.98. The molecule has 3 nitrogen and oxygen atoms in total. The monoisotopic (exact) mass is 243 g/mol. The minimum absolute atomic E-state index is 0.693. The molecule has 17 heavy (non-hydrogen) atoms. The van der Waals surface area contributed by atoms with Crippen molar-refractivity contribution in [3.63, 3.8) is 0 Å². The summed E-state index contributed by atoms with van der Waals surface area (Å²) in [4.78, 5) is 4.69. The van der Waals surface area contributed by atoms with Crippen LogP contribution in [-0.4, -0.2) is 63.2 Å². The van der Waals surface area contributed by atoms with Crippen LogP contribution in [0.5, 0.6) is 0 Å². The van der Waals surface area contributed by atoms with Gasteiger partial charge in [0.2, 0.25) is 0 Å². The maximum Gasteiger partial charge on any atom is 0.0107 e. The van der Waals surface area contributed by atoms with Gasteiger partial charge in [0.25, 0.3) is 0 Å². The highest BCUT2D eigenvalue weighted by Gasteiger charge is 2.09. The van der Waals surface area contributed by atoms with E-state index in [1.54, 1.807) is 0 Å². The number of hydrogen-bond donors (Lipinski definition) is 1. The van der Waals surface area contributed by atoms with Crippen molar-refractivity contribution in [3.8, 4) is 0 Å². The summed E-state index contributed by atoms with van der Waals surface area (Å²) in [5.41, 5.74) is 0. The minimum Gasteiger partial charge on any atom is -0.315 e. The SMILES string of the molecule is CC(C)CC(C)N(C)CCNCCCN(C)C. The Hall–Kier alpha value is -0.120. The van der Waals surface area contributed by atoms with Crippen molar-refractivity contribution in [1.29, 1.82) is 0 Å². The van der Waals surface area contributed by atoms with Gasteiger partial charge in [-0.1, -0.05) is 13.8 Å². The van der Waals surface area contributed by atoms with Crippen LogP contribution in [0.25, 0.3) is 0 Å². The van der Waals surface area contributed by atoms with E-state index in [4.69, 9.17) is 0 Å². The van der Waals surface area contributed by atoms with E-state index in [0.29, 0.717) is 6.04 Å². The van der Waals surface area contributed by atoms with E-state index >= 15 is 0 Å². The molecule has 1 N–H and O–H groups in total. The van der Waals surface area contributed by atoms with Crippen LogP contribution >= 0.6 is 0 Å². The highest BCUT2D eigenvalue weighted by Crippen LogP contribution is 2.08. The standard InChI is InChI=1S/C14H33N3/c1-13(2)12-14(3)17(6)11-9-15-8-7-10-16(4)5/h13-15H,7-12H2,1-6H3. The zero-order valence-electron chi connectivity index (χ0n) is 12.8. The highest BCUT2D eigenvalue weighted by molar-refractivity contribution is 4.66. The van der Waals surface area contributed by atoms with Crippen molar-refractivity contribution in [2.24, 2.45) is 5.92 Å². The summed E-state index contributed by atoms with van der Waals surface area (Å²) < 4.78 is 0. The molecule has 0 saturated carbocycles. The summed E-state index contributed by atoms with van der Waals surface area (Å²) in [6.07, 6.45) is 2.52. The van der Waals surface area contributed by atoms with Gasteiger partial charge in [-0.05, 0) is 59.9 Å². The molecule has 0 aliphatic rings. The largest absolute Gasteiger partial charge is 0.315 e. The van der Waals surface area contributed by atoms with Crippen LogP contribution in [0.2, 0.25) is 0 Å². The maximum absolute atomic E-state index is 3.51. The van der Waals surface area contributed by atoms with Crippen LogP contribution in [0.15, 0.2) is 0 Å². The second kappa shape index (κ2) is 9.86. The van der Waals surface area contributed by atoms with Crippen LogP contribution in [-0.2, 0) is 0 Å². The van der Waals surface area contributed by atoms with Crippen LogP contribution in [0, 0.1) is 5.92 Å². The first-order valence-electron chi connectivity index (χ1n) is 6.99. The van der Waals surface area contributed by atoms with Crippen LogP contribution in [0.4, 0.5) is 0 Å². The number of likely N-dealkylation sites (N-methyl/N-ethyl adjacent to an activating group) is 1. The predicted molar refractivity (Wildman–Crippen MR) is 77.6 cm³/mol. The van der Waals surface area contributed by atoms with Gasteiger partial charge in [0.15, 0.2) is 0 Å². The lowest BCUT2D eigenvalue weighted by atomic mass is 10.0. The third-order valence-corrected chi connectivity index (χ3v) is 3.17.